The molecule has 1 saturated carbocycles. The van der Waals surface area contributed by atoms with Gasteiger partial charge in [-0.05, 0) is 30.9 Å². The van der Waals surface area contributed by atoms with Crippen molar-refractivity contribution < 1.29 is 13.2 Å². The summed E-state index contributed by atoms with van der Waals surface area (Å²) in [7, 11) is -3.68. The second-order valence-electron chi connectivity index (χ2n) is 6.32. The Hall–Kier alpha value is -1.69. The van der Waals surface area contributed by atoms with Crippen molar-refractivity contribution in [1.82, 2.24) is 4.83 Å². The number of nitrogens with zero attached hydrogens (tertiary/aromatic N) is 1. The summed E-state index contributed by atoms with van der Waals surface area (Å²) in [6.07, 6.45) is 1.35. The van der Waals surface area contributed by atoms with Gasteiger partial charge in [-0.1, -0.05) is 31.5 Å². The van der Waals surface area contributed by atoms with E-state index in [0.717, 1.165) is 5.56 Å². The second kappa shape index (κ2) is 5.60. The molecule has 0 atom stereocenters. The first-order valence-corrected chi connectivity index (χ1v) is 8.32. The van der Waals surface area contributed by atoms with E-state index in [4.69, 9.17) is 0 Å². The lowest BCUT2D eigenvalue weighted by atomic mass is 9.76. The Labute approximate surface area is 125 Å². The molecule has 0 spiro atoms. The molecule has 0 unspecified atom stereocenters. The number of benzene rings is 1. The van der Waals surface area contributed by atoms with Crippen molar-refractivity contribution in [2.24, 2.45) is 10.5 Å². The minimum atomic E-state index is -3.68. The van der Waals surface area contributed by atoms with Gasteiger partial charge in [0.15, 0.2) is 0 Å². The first kappa shape index (κ1) is 15.7. The van der Waals surface area contributed by atoms with Crippen molar-refractivity contribution in [3.63, 3.8) is 0 Å². The van der Waals surface area contributed by atoms with Crippen molar-refractivity contribution in [1.29, 1.82) is 0 Å². The molecule has 0 aromatic heterocycles. The smallest absolute Gasteiger partial charge is 0.276 e. The minimum Gasteiger partial charge on any atom is -0.299 e. The second-order valence-corrected chi connectivity index (χ2v) is 7.98. The first-order valence-electron chi connectivity index (χ1n) is 6.84. The summed E-state index contributed by atoms with van der Waals surface area (Å²) in [5, 5.41) is 3.96. The third-order valence-corrected chi connectivity index (χ3v) is 4.64. The Bertz CT molecular complexity index is 673. The lowest BCUT2D eigenvalue weighted by Gasteiger charge is -2.29. The molecule has 21 heavy (non-hydrogen) atoms. The van der Waals surface area contributed by atoms with Gasteiger partial charge in [-0.15, -0.1) is 0 Å². The highest BCUT2D eigenvalue weighted by Gasteiger charge is 2.30. The van der Waals surface area contributed by atoms with E-state index in [1.165, 1.54) is 12.1 Å². The van der Waals surface area contributed by atoms with E-state index in [9.17, 15) is 13.2 Å². The zero-order valence-electron chi connectivity index (χ0n) is 12.5. The first-order chi connectivity index (χ1) is 9.68. The van der Waals surface area contributed by atoms with Gasteiger partial charge < -0.3 is 0 Å². The van der Waals surface area contributed by atoms with Crippen LogP contribution in [-0.2, 0) is 14.8 Å². The summed E-state index contributed by atoms with van der Waals surface area (Å²) in [5.41, 5.74) is 1.41. The number of hydrogen-bond donors (Lipinski definition) is 1. The van der Waals surface area contributed by atoms with E-state index in [2.05, 4.69) is 9.93 Å². The van der Waals surface area contributed by atoms with Crippen molar-refractivity contribution in [2.75, 3.05) is 0 Å². The molecule has 1 aromatic rings. The van der Waals surface area contributed by atoms with Crippen LogP contribution in [0.2, 0.25) is 0 Å². The number of rotatable bonds is 3. The number of ketones is 1. The maximum atomic E-state index is 12.1. The van der Waals surface area contributed by atoms with E-state index in [1.807, 2.05) is 20.8 Å². The molecular weight excluding hydrogens is 288 g/mol. The van der Waals surface area contributed by atoms with Crippen molar-refractivity contribution in [3.8, 4) is 0 Å². The van der Waals surface area contributed by atoms with Crippen LogP contribution in [0.25, 0.3) is 0 Å². The Morgan fingerprint density at radius 3 is 2.33 bits per heavy atom. The SMILES string of the molecule is Cc1ccc(S(=O)(=O)N/N=C2\CC(=O)CC(C)(C)C2)cc1. The fourth-order valence-corrected chi connectivity index (χ4v) is 3.32. The Morgan fingerprint density at radius 2 is 1.76 bits per heavy atom. The third kappa shape index (κ3) is 4.14. The van der Waals surface area contributed by atoms with Gasteiger partial charge in [0.05, 0.1) is 4.90 Å². The van der Waals surface area contributed by atoms with E-state index < -0.39 is 10.0 Å². The largest absolute Gasteiger partial charge is 0.299 e. The van der Waals surface area contributed by atoms with Crippen LogP contribution in [0.4, 0.5) is 0 Å². The van der Waals surface area contributed by atoms with Crippen molar-refractivity contribution in [2.45, 2.75) is 44.9 Å². The Balaban J connectivity index is 2.16. The summed E-state index contributed by atoms with van der Waals surface area (Å²) < 4.78 is 24.3. The molecule has 1 aromatic carbocycles. The number of hydrazone groups is 1. The number of sulfonamides is 1. The monoisotopic (exact) mass is 308 g/mol. The molecule has 0 aliphatic heterocycles. The molecule has 0 heterocycles. The lowest BCUT2D eigenvalue weighted by molar-refractivity contribution is -0.120. The molecule has 0 amide bonds. The van der Waals surface area contributed by atoms with Gasteiger partial charge in [0.1, 0.15) is 5.78 Å². The van der Waals surface area contributed by atoms with Crippen LogP contribution >= 0.6 is 0 Å². The summed E-state index contributed by atoms with van der Waals surface area (Å²) in [5.74, 6) is 0.0968. The van der Waals surface area contributed by atoms with Crippen molar-refractivity contribution in [3.05, 3.63) is 29.8 Å². The van der Waals surface area contributed by atoms with Crippen LogP contribution in [0.3, 0.4) is 0 Å². The topological polar surface area (TPSA) is 75.6 Å². The molecular formula is C15H20N2O3S. The van der Waals surface area contributed by atoms with Gasteiger partial charge in [0, 0.05) is 18.6 Å². The van der Waals surface area contributed by atoms with Gasteiger partial charge in [-0.2, -0.15) is 13.5 Å². The molecule has 1 aliphatic rings. The minimum absolute atomic E-state index is 0.0968. The number of hydrogen-bond acceptors (Lipinski definition) is 4. The maximum absolute atomic E-state index is 12.1. The molecule has 6 heteroatoms. The fraction of sp³-hybridized carbons (Fsp3) is 0.467. The van der Waals surface area contributed by atoms with Gasteiger partial charge in [-0.25, -0.2) is 4.83 Å². The molecule has 5 nitrogen and oxygen atoms in total. The Morgan fingerprint density at radius 1 is 1.14 bits per heavy atom. The highest BCUT2D eigenvalue weighted by Crippen LogP contribution is 2.31. The quantitative estimate of drug-likeness (QED) is 0.871. The van der Waals surface area contributed by atoms with Crippen molar-refractivity contribution >= 4 is 21.5 Å². The average molecular weight is 308 g/mol. The third-order valence-electron chi connectivity index (χ3n) is 3.41. The van der Waals surface area contributed by atoms with Crippen LogP contribution in [0.5, 0.6) is 0 Å². The lowest BCUT2D eigenvalue weighted by Crippen LogP contribution is -2.31. The van der Waals surface area contributed by atoms with Gasteiger partial charge in [-0.3, -0.25) is 4.79 Å². The summed E-state index contributed by atoms with van der Waals surface area (Å²) in [6, 6.07) is 6.53. The van der Waals surface area contributed by atoms with Gasteiger partial charge in [0.2, 0.25) is 0 Å². The summed E-state index contributed by atoms with van der Waals surface area (Å²) >= 11 is 0. The predicted molar refractivity (Wildman–Crippen MR) is 81.6 cm³/mol. The highest BCUT2D eigenvalue weighted by atomic mass is 32.2. The number of nitrogens with one attached hydrogen (secondary N) is 1. The number of carbonyl (C=O) groups excluding carboxylic acids is 1. The average Bonchev–Trinajstić information content (AvgIpc) is 2.35. The van der Waals surface area contributed by atoms with Crippen LogP contribution in [0, 0.1) is 12.3 Å². The number of carbonyl (C=O) groups is 1. The fourth-order valence-electron chi connectivity index (χ4n) is 2.48. The van der Waals surface area contributed by atoms with Gasteiger partial charge in [0.25, 0.3) is 10.0 Å². The van der Waals surface area contributed by atoms with Crippen LogP contribution in [0.1, 0.15) is 38.7 Å². The molecule has 1 aliphatic carbocycles. The van der Waals surface area contributed by atoms with E-state index in [-0.39, 0.29) is 22.5 Å². The number of aryl methyl sites for hydroxylation is 1. The highest BCUT2D eigenvalue weighted by molar-refractivity contribution is 7.89. The predicted octanol–water partition coefficient (Wildman–Crippen LogP) is 2.41. The zero-order chi connectivity index (χ0) is 15.7. The van der Waals surface area contributed by atoms with Gasteiger partial charge >= 0.3 is 0 Å². The zero-order valence-corrected chi connectivity index (χ0v) is 13.3. The van der Waals surface area contributed by atoms with Crippen LogP contribution in [0.15, 0.2) is 34.3 Å². The molecule has 1 fully saturated rings. The molecule has 1 N–H and O–H groups in total. The van der Waals surface area contributed by atoms with Crippen LogP contribution in [-0.4, -0.2) is 19.9 Å². The van der Waals surface area contributed by atoms with E-state index in [0.29, 0.717) is 18.6 Å². The standard InChI is InChI=1S/C15H20N2O3S/c1-11-4-6-14(7-5-11)21(19,20)17-16-12-8-13(18)10-15(2,3)9-12/h4-7,17H,8-10H2,1-3H3/b16-12+. The summed E-state index contributed by atoms with van der Waals surface area (Å²) in [4.78, 5) is 14.1. The molecule has 114 valence electrons. The van der Waals surface area contributed by atoms with Crippen LogP contribution < -0.4 is 4.83 Å². The Kier molecular flexibility index (Phi) is 4.18. The normalized spacial score (nSPS) is 20.5. The maximum Gasteiger partial charge on any atom is 0.276 e. The molecule has 0 bridgehead atoms. The van der Waals surface area contributed by atoms with E-state index >= 15 is 0 Å². The molecule has 2 rings (SSSR count). The summed E-state index contributed by atoms with van der Waals surface area (Å²) in [6.45, 7) is 5.85. The molecule has 0 radical (unpaired) electrons. The van der Waals surface area contributed by atoms with E-state index in [1.54, 1.807) is 12.1 Å². The molecule has 0 saturated heterocycles. The number of Topliss-reactive ketones (excluding diaryl/α,β-unsaturated/α-hetero) is 1.